The van der Waals surface area contributed by atoms with Gasteiger partial charge in [-0.1, -0.05) is 18.2 Å². The molecule has 0 saturated carbocycles. The van der Waals surface area contributed by atoms with Gasteiger partial charge in [0.2, 0.25) is 11.8 Å². The van der Waals surface area contributed by atoms with E-state index in [0.717, 1.165) is 11.1 Å². The van der Waals surface area contributed by atoms with Crippen LogP contribution in [0, 0.1) is 0 Å². The summed E-state index contributed by atoms with van der Waals surface area (Å²) in [4.78, 5) is 38.1. The fourth-order valence-corrected chi connectivity index (χ4v) is 3.40. The summed E-state index contributed by atoms with van der Waals surface area (Å²) >= 11 is 0. The summed E-state index contributed by atoms with van der Waals surface area (Å²) in [6.45, 7) is 0. The van der Waals surface area contributed by atoms with Gasteiger partial charge < -0.3 is 9.32 Å². The molecule has 3 amide bonds. The standard InChI is InChI=1S/C21H18N2O4/c1-23(14-5-3-2-4-6-14)21(26)13-7-9-18-16(11-13)17(12-27-18)15-8-10-19(24)22-20(15)25/h2-7,9,11-12,15H,8,10H2,1H3,(H,22,24,25). The highest BCUT2D eigenvalue weighted by atomic mass is 16.3. The SMILES string of the molecule is CN(C(=O)c1ccc2occ(C3CCC(=O)NC3=O)c2c1)c1ccccc1. The van der Waals surface area contributed by atoms with E-state index in [4.69, 9.17) is 4.42 Å². The molecule has 0 bridgehead atoms. The lowest BCUT2D eigenvalue weighted by Gasteiger charge is -2.20. The van der Waals surface area contributed by atoms with Crippen molar-refractivity contribution in [2.24, 2.45) is 0 Å². The third-order valence-electron chi connectivity index (χ3n) is 4.91. The molecule has 1 aliphatic rings. The summed E-state index contributed by atoms with van der Waals surface area (Å²) in [6.07, 6.45) is 2.26. The predicted molar refractivity (Wildman–Crippen MR) is 101 cm³/mol. The van der Waals surface area contributed by atoms with E-state index in [1.807, 2.05) is 30.3 Å². The van der Waals surface area contributed by atoms with Gasteiger partial charge in [-0.2, -0.15) is 0 Å². The van der Waals surface area contributed by atoms with Crippen LogP contribution in [-0.2, 0) is 9.59 Å². The number of rotatable bonds is 3. The third kappa shape index (κ3) is 3.10. The molecule has 4 rings (SSSR count). The van der Waals surface area contributed by atoms with E-state index in [1.54, 1.807) is 36.4 Å². The minimum absolute atomic E-state index is 0.154. The van der Waals surface area contributed by atoms with Crippen molar-refractivity contribution in [3.05, 3.63) is 65.9 Å². The highest BCUT2D eigenvalue weighted by molar-refractivity contribution is 6.08. The summed E-state index contributed by atoms with van der Waals surface area (Å²) in [5.41, 5.74) is 2.60. The minimum Gasteiger partial charge on any atom is -0.464 e. The fraction of sp³-hybridized carbons (Fsp3) is 0.190. The molecule has 0 radical (unpaired) electrons. The maximum Gasteiger partial charge on any atom is 0.258 e. The average Bonchev–Trinajstić information content (AvgIpc) is 3.10. The van der Waals surface area contributed by atoms with Crippen LogP contribution in [-0.4, -0.2) is 24.8 Å². The molecular weight excluding hydrogens is 344 g/mol. The Bertz CT molecular complexity index is 1040. The number of nitrogens with one attached hydrogen (secondary N) is 1. The molecule has 0 spiro atoms. The summed E-state index contributed by atoms with van der Waals surface area (Å²) in [7, 11) is 1.72. The van der Waals surface area contributed by atoms with Gasteiger partial charge >= 0.3 is 0 Å². The molecule has 6 nitrogen and oxygen atoms in total. The number of hydrogen-bond acceptors (Lipinski definition) is 4. The van der Waals surface area contributed by atoms with Gasteiger partial charge in [-0.25, -0.2) is 0 Å². The van der Waals surface area contributed by atoms with Gasteiger partial charge in [-0.3, -0.25) is 19.7 Å². The van der Waals surface area contributed by atoms with Crippen molar-refractivity contribution in [1.29, 1.82) is 0 Å². The van der Waals surface area contributed by atoms with E-state index in [1.165, 1.54) is 0 Å². The molecule has 0 aliphatic carbocycles. The smallest absolute Gasteiger partial charge is 0.258 e. The number of amides is 3. The second-order valence-electron chi connectivity index (χ2n) is 6.61. The first-order valence-corrected chi connectivity index (χ1v) is 8.72. The number of furan rings is 1. The first kappa shape index (κ1) is 17.0. The summed E-state index contributed by atoms with van der Waals surface area (Å²) < 4.78 is 5.57. The molecule has 1 aliphatic heterocycles. The molecular formula is C21H18N2O4. The van der Waals surface area contributed by atoms with Gasteiger partial charge in [0.05, 0.1) is 12.2 Å². The van der Waals surface area contributed by atoms with Crippen LogP contribution in [0.1, 0.15) is 34.7 Å². The van der Waals surface area contributed by atoms with E-state index in [0.29, 0.717) is 29.6 Å². The predicted octanol–water partition coefficient (Wildman–Crippen LogP) is 3.23. The number of piperidine rings is 1. The lowest BCUT2D eigenvalue weighted by Crippen LogP contribution is -2.39. The molecule has 1 saturated heterocycles. The van der Waals surface area contributed by atoms with E-state index < -0.39 is 5.92 Å². The highest BCUT2D eigenvalue weighted by Gasteiger charge is 2.30. The number of carbonyl (C=O) groups excluding carboxylic acids is 3. The first-order chi connectivity index (χ1) is 13.0. The van der Waals surface area contributed by atoms with Crippen molar-refractivity contribution < 1.29 is 18.8 Å². The van der Waals surface area contributed by atoms with Crippen LogP contribution in [0.2, 0.25) is 0 Å². The van der Waals surface area contributed by atoms with E-state index in [-0.39, 0.29) is 17.7 Å². The van der Waals surface area contributed by atoms with Gasteiger partial charge in [0.15, 0.2) is 0 Å². The number of carbonyl (C=O) groups is 3. The second-order valence-corrected chi connectivity index (χ2v) is 6.61. The Morgan fingerprint density at radius 1 is 1.15 bits per heavy atom. The van der Waals surface area contributed by atoms with Gasteiger partial charge in [0, 0.05) is 35.7 Å². The third-order valence-corrected chi connectivity index (χ3v) is 4.91. The number of nitrogens with zero attached hydrogens (tertiary/aromatic N) is 1. The number of para-hydroxylation sites is 1. The molecule has 136 valence electrons. The second kappa shape index (κ2) is 6.72. The lowest BCUT2D eigenvalue weighted by atomic mass is 9.90. The zero-order valence-electron chi connectivity index (χ0n) is 14.8. The largest absolute Gasteiger partial charge is 0.464 e. The molecule has 1 aromatic heterocycles. The molecule has 6 heteroatoms. The van der Waals surface area contributed by atoms with Gasteiger partial charge in [0.25, 0.3) is 5.91 Å². The number of benzene rings is 2. The molecule has 1 unspecified atom stereocenters. The number of anilines is 1. The van der Waals surface area contributed by atoms with Crippen molar-refractivity contribution in [2.75, 3.05) is 11.9 Å². The highest BCUT2D eigenvalue weighted by Crippen LogP contribution is 2.33. The first-order valence-electron chi connectivity index (χ1n) is 8.72. The Balaban J connectivity index is 1.69. The molecule has 1 fully saturated rings. The van der Waals surface area contributed by atoms with E-state index in [9.17, 15) is 14.4 Å². The van der Waals surface area contributed by atoms with Crippen molar-refractivity contribution in [3.63, 3.8) is 0 Å². The van der Waals surface area contributed by atoms with Crippen LogP contribution in [0.4, 0.5) is 5.69 Å². The van der Waals surface area contributed by atoms with Crippen LogP contribution >= 0.6 is 0 Å². The Hall–Kier alpha value is -3.41. The van der Waals surface area contributed by atoms with E-state index >= 15 is 0 Å². The van der Waals surface area contributed by atoms with Crippen molar-refractivity contribution in [3.8, 4) is 0 Å². The van der Waals surface area contributed by atoms with Crippen molar-refractivity contribution in [2.45, 2.75) is 18.8 Å². The number of hydrogen-bond donors (Lipinski definition) is 1. The summed E-state index contributed by atoms with van der Waals surface area (Å²) in [5.74, 6) is -1.20. The van der Waals surface area contributed by atoms with E-state index in [2.05, 4.69) is 5.32 Å². The van der Waals surface area contributed by atoms with Gasteiger partial charge in [-0.05, 0) is 36.8 Å². The maximum atomic E-state index is 12.9. The summed E-state index contributed by atoms with van der Waals surface area (Å²) in [6, 6.07) is 14.6. The normalized spacial score (nSPS) is 17.0. The Kier molecular flexibility index (Phi) is 4.24. The number of imide groups is 1. The molecule has 3 aromatic rings. The van der Waals surface area contributed by atoms with Crippen LogP contribution in [0.3, 0.4) is 0 Å². The Labute approximate surface area is 155 Å². The zero-order valence-corrected chi connectivity index (χ0v) is 14.8. The molecule has 27 heavy (non-hydrogen) atoms. The molecule has 1 N–H and O–H groups in total. The molecule has 2 heterocycles. The van der Waals surface area contributed by atoms with Gasteiger partial charge in [0.1, 0.15) is 5.58 Å². The summed E-state index contributed by atoms with van der Waals surface area (Å²) in [5, 5.41) is 3.08. The zero-order chi connectivity index (χ0) is 19.0. The maximum absolute atomic E-state index is 12.9. The Morgan fingerprint density at radius 3 is 2.67 bits per heavy atom. The molecule has 2 aromatic carbocycles. The van der Waals surface area contributed by atoms with Crippen LogP contribution < -0.4 is 10.2 Å². The van der Waals surface area contributed by atoms with Crippen molar-refractivity contribution >= 4 is 34.4 Å². The van der Waals surface area contributed by atoms with Crippen LogP contribution in [0.5, 0.6) is 0 Å². The quantitative estimate of drug-likeness (QED) is 0.726. The van der Waals surface area contributed by atoms with Gasteiger partial charge in [-0.15, -0.1) is 0 Å². The minimum atomic E-state index is -0.457. The van der Waals surface area contributed by atoms with Crippen molar-refractivity contribution in [1.82, 2.24) is 5.32 Å². The number of fused-ring (bicyclic) bond motifs is 1. The van der Waals surface area contributed by atoms with Crippen LogP contribution in [0.15, 0.2) is 59.2 Å². The fourth-order valence-electron chi connectivity index (χ4n) is 3.40. The van der Waals surface area contributed by atoms with Crippen LogP contribution in [0.25, 0.3) is 11.0 Å². The topological polar surface area (TPSA) is 79.6 Å². The Morgan fingerprint density at radius 2 is 1.93 bits per heavy atom. The lowest BCUT2D eigenvalue weighted by molar-refractivity contribution is -0.134. The molecule has 1 atom stereocenters. The monoisotopic (exact) mass is 362 g/mol. The average molecular weight is 362 g/mol.